The van der Waals surface area contributed by atoms with Crippen LogP contribution in [0.3, 0.4) is 0 Å². The summed E-state index contributed by atoms with van der Waals surface area (Å²) >= 11 is 0. The zero-order valence-electron chi connectivity index (χ0n) is 14.1. The second-order valence-corrected chi connectivity index (χ2v) is 7.25. The van der Waals surface area contributed by atoms with Crippen LogP contribution in [0.4, 0.5) is 0 Å². The van der Waals surface area contributed by atoms with Crippen LogP contribution in [0.15, 0.2) is 4.52 Å². The molecule has 0 bridgehead atoms. The first-order chi connectivity index (χ1) is 11.7. The van der Waals surface area contributed by atoms with Crippen molar-refractivity contribution in [3.63, 3.8) is 0 Å². The molecule has 1 aliphatic carbocycles. The van der Waals surface area contributed by atoms with Crippen molar-refractivity contribution >= 4 is 5.91 Å². The number of aryl methyl sites for hydroxylation is 1. The Kier molecular flexibility index (Phi) is 4.54. The van der Waals surface area contributed by atoms with Crippen LogP contribution in [-0.4, -0.2) is 59.0 Å². The van der Waals surface area contributed by atoms with Crippen LogP contribution >= 0.6 is 0 Å². The lowest BCUT2D eigenvalue weighted by Crippen LogP contribution is -2.35. The van der Waals surface area contributed by atoms with Crippen molar-refractivity contribution in [2.75, 3.05) is 19.7 Å². The molecule has 0 aromatic carbocycles. The van der Waals surface area contributed by atoms with Crippen LogP contribution in [0.2, 0.25) is 0 Å². The summed E-state index contributed by atoms with van der Waals surface area (Å²) in [6.07, 6.45) is 6.78. The number of hydrogen-bond acceptors (Lipinski definition) is 6. The SMILES string of the molecule is Cc1noc(C[C@@H]2C[C@@H]3CN(C(=O)COC4CCCC4)C[C@@H]3O2)n1. The maximum Gasteiger partial charge on any atom is 0.248 e. The molecule has 0 radical (unpaired) electrons. The number of amides is 1. The molecule has 24 heavy (non-hydrogen) atoms. The van der Waals surface area contributed by atoms with Crippen molar-refractivity contribution in [2.45, 2.75) is 63.8 Å². The summed E-state index contributed by atoms with van der Waals surface area (Å²) in [7, 11) is 0. The minimum Gasteiger partial charge on any atom is -0.372 e. The smallest absolute Gasteiger partial charge is 0.248 e. The van der Waals surface area contributed by atoms with Crippen LogP contribution < -0.4 is 0 Å². The highest BCUT2D eigenvalue weighted by Gasteiger charge is 2.43. The van der Waals surface area contributed by atoms with Gasteiger partial charge in [-0.3, -0.25) is 4.79 Å². The van der Waals surface area contributed by atoms with Gasteiger partial charge in [0.15, 0.2) is 5.82 Å². The van der Waals surface area contributed by atoms with E-state index in [1.807, 2.05) is 11.8 Å². The third kappa shape index (κ3) is 3.47. The predicted molar refractivity (Wildman–Crippen MR) is 84.3 cm³/mol. The molecule has 2 saturated heterocycles. The number of fused-ring (bicyclic) bond motifs is 1. The zero-order valence-corrected chi connectivity index (χ0v) is 14.1. The highest BCUT2D eigenvalue weighted by Crippen LogP contribution is 2.34. The molecule has 3 atom stereocenters. The van der Waals surface area contributed by atoms with Gasteiger partial charge in [-0.05, 0) is 26.2 Å². The molecule has 132 valence electrons. The predicted octanol–water partition coefficient (Wildman–Crippen LogP) is 1.50. The molecule has 3 aliphatic rings. The number of nitrogens with zero attached hydrogens (tertiary/aromatic N) is 3. The molecule has 3 heterocycles. The van der Waals surface area contributed by atoms with Crippen molar-refractivity contribution in [3.05, 3.63) is 11.7 Å². The molecule has 1 aromatic rings. The number of ether oxygens (including phenoxy) is 2. The maximum absolute atomic E-state index is 12.3. The van der Waals surface area contributed by atoms with Crippen LogP contribution in [0.1, 0.15) is 43.8 Å². The summed E-state index contributed by atoms with van der Waals surface area (Å²) in [5, 5.41) is 3.81. The Bertz CT molecular complexity index is 570. The average Bonchev–Trinajstić information content (AvgIpc) is 3.29. The van der Waals surface area contributed by atoms with E-state index in [9.17, 15) is 4.79 Å². The van der Waals surface area contributed by atoms with E-state index in [-0.39, 0.29) is 30.8 Å². The van der Waals surface area contributed by atoms with E-state index in [4.69, 9.17) is 14.0 Å². The Morgan fingerprint density at radius 2 is 2.17 bits per heavy atom. The fourth-order valence-electron chi connectivity index (χ4n) is 4.15. The van der Waals surface area contributed by atoms with Gasteiger partial charge in [-0.15, -0.1) is 0 Å². The van der Waals surface area contributed by atoms with E-state index in [0.29, 0.717) is 30.6 Å². The molecular weight excluding hydrogens is 310 g/mol. The van der Waals surface area contributed by atoms with Gasteiger partial charge in [0.2, 0.25) is 11.8 Å². The summed E-state index contributed by atoms with van der Waals surface area (Å²) in [6.45, 7) is 3.48. The van der Waals surface area contributed by atoms with Crippen molar-refractivity contribution in [1.29, 1.82) is 0 Å². The molecule has 7 nitrogen and oxygen atoms in total. The molecule has 0 unspecified atom stereocenters. The van der Waals surface area contributed by atoms with E-state index in [0.717, 1.165) is 25.8 Å². The van der Waals surface area contributed by atoms with Crippen molar-refractivity contribution < 1.29 is 18.8 Å². The third-order valence-electron chi connectivity index (χ3n) is 5.38. The van der Waals surface area contributed by atoms with Gasteiger partial charge in [-0.25, -0.2) is 0 Å². The average molecular weight is 335 g/mol. The fourth-order valence-corrected chi connectivity index (χ4v) is 4.15. The molecule has 2 aliphatic heterocycles. The van der Waals surface area contributed by atoms with E-state index < -0.39 is 0 Å². The van der Waals surface area contributed by atoms with Gasteiger partial charge in [-0.1, -0.05) is 18.0 Å². The van der Waals surface area contributed by atoms with Gasteiger partial charge in [0, 0.05) is 19.0 Å². The molecule has 1 amide bonds. The number of hydrogen-bond donors (Lipinski definition) is 0. The number of likely N-dealkylation sites (tertiary alicyclic amines) is 1. The highest BCUT2D eigenvalue weighted by atomic mass is 16.5. The van der Waals surface area contributed by atoms with Crippen LogP contribution in [-0.2, 0) is 20.7 Å². The summed E-state index contributed by atoms with van der Waals surface area (Å²) < 4.78 is 17.0. The quantitative estimate of drug-likeness (QED) is 0.811. The van der Waals surface area contributed by atoms with Crippen LogP contribution in [0.25, 0.3) is 0 Å². The number of carbonyl (C=O) groups is 1. The van der Waals surface area contributed by atoms with Crippen molar-refractivity contribution in [3.8, 4) is 0 Å². The number of carbonyl (C=O) groups excluding carboxylic acids is 1. The molecule has 1 aromatic heterocycles. The minimum absolute atomic E-state index is 0.101. The normalized spacial score (nSPS) is 30.2. The second kappa shape index (κ2) is 6.80. The van der Waals surface area contributed by atoms with Crippen molar-refractivity contribution in [1.82, 2.24) is 15.0 Å². The lowest BCUT2D eigenvalue weighted by molar-refractivity contribution is -0.138. The summed E-state index contributed by atoms with van der Waals surface area (Å²) in [5.41, 5.74) is 0. The third-order valence-corrected chi connectivity index (χ3v) is 5.38. The lowest BCUT2D eigenvalue weighted by Gasteiger charge is -2.20. The van der Waals surface area contributed by atoms with Crippen LogP contribution in [0, 0.1) is 12.8 Å². The summed E-state index contributed by atoms with van der Waals surface area (Å²) in [6, 6.07) is 0. The lowest BCUT2D eigenvalue weighted by atomic mass is 10.0. The standard InChI is InChI=1S/C17H25N3O4/c1-11-18-16(24-19-11)7-14-6-12-8-20(9-15(12)23-14)17(21)10-22-13-4-2-3-5-13/h12-15H,2-10H2,1H3/t12-,14+,15+/m1/s1. The first kappa shape index (κ1) is 16.0. The first-order valence-electron chi connectivity index (χ1n) is 9.01. The van der Waals surface area contributed by atoms with Gasteiger partial charge in [-0.2, -0.15) is 4.98 Å². The van der Waals surface area contributed by atoms with E-state index in [1.54, 1.807) is 0 Å². The first-order valence-corrected chi connectivity index (χ1v) is 9.01. The Hall–Kier alpha value is -1.47. The Morgan fingerprint density at radius 1 is 1.33 bits per heavy atom. The highest BCUT2D eigenvalue weighted by molar-refractivity contribution is 5.77. The fraction of sp³-hybridized carbons (Fsp3) is 0.824. The van der Waals surface area contributed by atoms with Crippen molar-refractivity contribution in [2.24, 2.45) is 5.92 Å². The monoisotopic (exact) mass is 335 g/mol. The molecule has 7 heteroatoms. The Balaban J connectivity index is 1.22. The molecule has 0 spiro atoms. The van der Waals surface area contributed by atoms with E-state index in [1.165, 1.54) is 12.8 Å². The largest absolute Gasteiger partial charge is 0.372 e. The molecule has 1 saturated carbocycles. The van der Waals surface area contributed by atoms with Gasteiger partial charge in [0.1, 0.15) is 6.61 Å². The summed E-state index contributed by atoms with van der Waals surface area (Å²) in [5.74, 6) is 1.80. The van der Waals surface area contributed by atoms with Gasteiger partial charge in [0.25, 0.3) is 0 Å². The minimum atomic E-state index is 0.101. The number of aromatic nitrogens is 2. The second-order valence-electron chi connectivity index (χ2n) is 7.25. The molecule has 3 fully saturated rings. The van der Waals surface area contributed by atoms with Gasteiger partial charge in [0.05, 0.1) is 24.7 Å². The maximum atomic E-state index is 12.3. The molecule has 0 N–H and O–H groups in total. The van der Waals surface area contributed by atoms with Gasteiger partial charge < -0.3 is 18.9 Å². The van der Waals surface area contributed by atoms with E-state index in [2.05, 4.69) is 10.1 Å². The zero-order chi connectivity index (χ0) is 16.5. The Morgan fingerprint density at radius 3 is 2.88 bits per heavy atom. The topological polar surface area (TPSA) is 77.7 Å². The number of rotatable bonds is 5. The van der Waals surface area contributed by atoms with Crippen LogP contribution in [0.5, 0.6) is 0 Å². The molecule has 4 rings (SSSR count). The molecular formula is C17H25N3O4. The summed E-state index contributed by atoms with van der Waals surface area (Å²) in [4.78, 5) is 18.5. The van der Waals surface area contributed by atoms with E-state index >= 15 is 0 Å². The Labute approximate surface area is 141 Å². The van der Waals surface area contributed by atoms with Gasteiger partial charge >= 0.3 is 0 Å².